The van der Waals surface area contributed by atoms with Gasteiger partial charge in [-0.25, -0.2) is 0 Å². The highest BCUT2D eigenvalue weighted by Crippen LogP contribution is 2.33. The molecule has 1 N–H and O–H groups in total. The second-order valence-corrected chi connectivity index (χ2v) is 6.77. The quantitative estimate of drug-likeness (QED) is 0.603. The number of amides is 1. The molecule has 0 radical (unpaired) electrons. The van der Waals surface area contributed by atoms with E-state index in [4.69, 9.17) is 18.7 Å². The second kappa shape index (κ2) is 9.30. The van der Waals surface area contributed by atoms with Gasteiger partial charge in [0, 0.05) is 6.92 Å². The number of nitrogens with one attached hydrogen (secondary N) is 1. The molecule has 0 unspecified atom stereocenters. The molecule has 0 bridgehead atoms. The fraction of sp³-hybridized carbons (Fsp3) is 0.318. The molecule has 0 spiro atoms. The number of rotatable bonds is 8. The van der Waals surface area contributed by atoms with E-state index in [0.717, 1.165) is 11.1 Å². The number of hydrogen-bond acceptors (Lipinski definition) is 7. The summed E-state index contributed by atoms with van der Waals surface area (Å²) in [4.78, 5) is 17.1. The molecular weight excluding hydrogens is 386 g/mol. The van der Waals surface area contributed by atoms with Crippen LogP contribution in [0.25, 0.3) is 0 Å². The minimum atomic E-state index is -0.259. The first-order valence-corrected chi connectivity index (χ1v) is 9.47. The van der Waals surface area contributed by atoms with Crippen LogP contribution in [0, 0.1) is 13.8 Å². The number of para-hydroxylation sites is 1. The van der Waals surface area contributed by atoms with Crippen LogP contribution in [0.5, 0.6) is 17.2 Å². The molecule has 0 fully saturated rings. The Kier molecular flexibility index (Phi) is 6.56. The van der Waals surface area contributed by atoms with Crippen molar-refractivity contribution >= 4 is 5.91 Å². The third kappa shape index (κ3) is 4.71. The molecule has 0 aliphatic heterocycles. The van der Waals surface area contributed by atoms with Crippen molar-refractivity contribution in [1.29, 1.82) is 0 Å². The fourth-order valence-electron chi connectivity index (χ4n) is 3.14. The zero-order valence-electron chi connectivity index (χ0n) is 17.7. The summed E-state index contributed by atoms with van der Waals surface area (Å²) in [5.74, 6) is 2.31. The molecule has 0 aliphatic carbocycles. The lowest BCUT2D eigenvalue weighted by atomic mass is 10.0. The first-order chi connectivity index (χ1) is 14.4. The van der Waals surface area contributed by atoms with Crippen molar-refractivity contribution in [3.05, 3.63) is 64.8 Å². The number of carbonyl (C=O) groups excluding carboxylic acids is 1. The van der Waals surface area contributed by atoms with E-state index in [9.17, 15) is 4.79 Å². The van der Waals surface area contributed by atoms with Crippen LogP contribution in [0.1, 0.15) is 46.2 Å². The van der Waals surface area contributed by atoms with Gasteiger partial charge in [0.2, 0.25) is 11.7 Å². The van der Waals surface area contributed by atoms with E-state index in [-0.39, 0.29) is 18.6 Å². The third-order valence-electron chi connectivity index (χ3n) is 4.64. The van der Waals surface area contributed by atoms with Gasteiger partial charge in [0.05, 0.1) is 25.8 Å². The van der Waals surface area contributed by atoms with Crippen molar-refractivity contribution in [1.82, 2.24) is 15.5 Å². The molecule has 0 saturated carbocycles. The van der Waals surface area contributed by atoms with Crippen LogP contribution < -0.4 is 19.5 Å². The van der Waals surface area contributed by atoms with Crippen molar-refractivity contribution in [2.24, 2.45) is 0 Å². The first kappa shape index (κ1) is 21.2. The number of aryl methyl sites for hydroxylation is 2. The predicted octanol–water partition coefficient (Wildman–Crippen LogP) is 3.77. The average molecular weight is 411 g/mol. The summed E-state index contributed by atoms with van der Waals surface area (Å²) in [5, 5.41) is 6.82. The summed E-state index contributed by atoms with van der Waals surface area (Å²) in [6.45, 7) is 5.68. The maximum atomic E-state index is 13.0. The lowest BCUT2D eigenvalue weighted by Crippen LogP contribution is -2.27. The SMILES string of the molecule is COc1cc(C)c([C@H](C)NC(=O)c2ccccc2OCc2noc(C)n2)cc1OC. The minimum absolute atomic E-state index is 0.103. The number of ether oxygens (including phenoxy) is 3. The Morgan fingerprint density at radius 3 is 2.47 bits per heavy atom. The topological polar surface area (TPSA) is 95.7 Å². The van der Waals surface area contributed by atoms with Gasteiger partial charge in [-0.15, -0.1) is 0 Å². The van der Waals surface area contributed by atoms with E-state index < -0.39 is 0 Å². The van der Waals surface area contributed by atoms with Crippen LogP contribution >= 0.6 is 0 Å². The standard InChI is InChI=1S/C22H25N3O5/c1-13-10-19(27-4)20(28-5)11-17(13)14(2)23-22(26)16-8-6-7-9-18(16)29-12-21-24-15(3)30-25-21/h6-11,14H,12H2,1-5H3,(H,23,26)/t14-/m0/s1. The molecule has 2 aromatic carbocycles. The molecule has 158 valence electrons. The number of benzene rings is 2. The summed E-state index contributed by atoms with van der Waals surface area (Å²) in [6, 6.07) is 10.5. The van der Waals surface area contributed by atoms with Crippen molar-refractivity contribution in [3.8, 4) is 17.2 Å². The molecule has 3 aromatic rings. The van der Waals surface area contributed by atoms with Gasteiger partial charge in [0.1, 0.15) is 5.75 Å². The molecule has 8 nitrogen and oxygen atoms in total. The summed E-state index contributed by atoms with van der Waals surface area (Å²) in [5.41, 5.74) is 2.34. The van der Waals surface area contributed by atoms with Gasteiger partial charge in [-0.3, -0.25) is 4.79 Å². The highest BCUT2D eigenvalue weighted by atomic mass is 16.5. The largest absolute Gasteiger partial charge is 0.493 e. The molecule has 0 saturated heterocycles. The fourth-order valence-corrected chi connectivity index (χ4v) is 3.14. The van der Waals surface area contributed by atoms with Gasteiger partial charge in [-0.05, 0) is 49.2 Å². The van der Waals surface area contributed by atoms with Crippen molar-refractivity contribution in [2.75, 3.05) is 14.2 Å². The number of nitrogens with zero attached hydrogens (tertiary/aromatic N) is 2. The maximum absolute atomic E-state index is 13.0. The normalized spacial score (nSPS) is 11.6. The Bertz CT molecular complexity index is 1030. The van der Waals surface area contributed by atoms with Gasteiger partial charge in [-0.1, -0.05) is 17.3 Å². The van der Waals surface area contributed by atoms with E-state index in [1.165, 1.54) is 0 Å². The van der Waals surface area contributed by atoms with Gasteiger partial charge in [0.25, 0.3) is 5.91 Å². The van der Waals surface area contributed by atoms with Gasteiger partial charge >= 0.3 is 0 Å². The molecule has 3 rings (SSSR count). The summed E-state index contributed by atoms with van der Waals surface area (Å²) >= 11 is 0. The molecule has 30 heavy (non-hydrogen) atoms. The third-order valence-corrected chi connectivity index (χ3v) is 4.64. The Balaban J connectivity index is 1.76. The molecule has 8 heteroatoms. The zero-order valence-corrected chi connectivity index (χ0v) is 17.7. The molecule has 1 amide bonds. The summed E-state index contributed by atoms with van der Waals surface area (Å²) in [6.07, 6.45) is 0. The number of aromatic nitrogens is 2. The molecule has 1 heterocycles. The van der Waals surface area contributed by atoms with Crippen LogP contribution in [0.2, 0.25) is 0 Å². The maximum Gasteiger partial charge on any atom is 0.255 e. The minimum Gasteiger partial charge on any atom is -0.493 e. The van der Waals surface area contributed by atoms with Crippen LogP contribution in [-0.4, -0.2) is 30.3 Å². The lowest BCUT2D eigenvalue weighted by molar-refractivity contribution is 0.0935. The van der Waals surface area contributed by atoms with Gasteiger partial charge < -0.3 is 24.1 Å². The van der Waals surface area contributed by atoms with E-state index in [0.29, 0.717) is 34.5 Å². The number of methoxy groups -OCH3 is 2. The second-order valence-electron chi connectivity index (χ2n) is 6.77. The van der Waals surface area contributed by atoms with E-state index in [2.05, 4.69) is 15.5 Å². The predicted molar refractivity (Wildman–Crippen MR) is 110 cm³/mol. The smallest absolute Gasteiger partial charge is 0.255 e. The highest BCUT2D eigenvalue weighted by molar-refractivity contribution is 5.97. The van der Waals surface area contributed by atoms with Crippen LogP contribution in [0.15, 0.2) is 40.9 Å². The van der Waals surface area contributed by atoms with E-state index in [1.54, 1.807) is 45.4 Å². The van der Waals surface area contributed by atoms with Crippen LogP contribution in [0.3, 0.4) is 0 Å². The van der Waals surface area contributed by atoms with Crippen molar-refractivity contribution < 1.29 is 23.5 Å². The van der Waals surface area contributed by atoms with E-state index >= 15 is 0 Å². The molecular formula is C22H25N3O5. The molecule has 1 atom stereocenters. The van der Waals surface area contributed by atoms with Crippen molar-refractivity contribution in [3.63, 3.8) is 0 Å². The van der Waals surface area contributed by atoms with Gasteiger partial charge in [-0.2, -0.15) is 4.98 Å². The average Bonchev–Trinajstić information content (AvgIpc) is 3.17. The van der Waals surface area contributed by atoms with Crippen molar-refractivity contribution in [2.45, 2.75) is 33.4 Å². The zero-order chi connectivity index (χ0) is 21.7. The van der Waals surface area contributed by atoms with E-state index in [1.807, 2.05) is 26.0 Å². The number of hydrogen-bond donors (Lipinski definition) is 1. The summed E-state index contributed by atoms with van der Waals surface area (Å²) < 4.78 is 21.4. The van der Waals surface area contributed by atoms with Crippen LogP contribution in [0.4, 0.5) is 0 Å². The monoisotopic (exact) mass is 411 g/mol. The van der Waals surface area contributed by atoms with Gasteiger partial charge in [0.15, 0.2) is 18.1 Å². The Morgan fingerprint density at radius 1 is 1.10 bits per heavy atom. The highest BCUT2D eigenvalue weighted by Gasteiger charge is 2.19. The lowest BCUT2D eigenvalue weighted by Gasteiger charge is -2.20. The molecule has 1 aromatic heterocycles. The Morgan fingerprint density at radius 2 is 1.80 bits per heavy atom. The Hall–Kier alpha value is -3.55. The first-order valence-electron chi connectivity index (χ1n) is 9.47. The Labute approximate surface area is 175 Å². The summed E-state index contributed by atoms with van der Waals surface area (Å²) in [7, 11) is 3.17. The number of carbonyl (C=O) groups is 1. The molecule has 0 aliphatic rings. The van der Waals surface area contributed by atoms with Crippen LogP contribution in [-0.2, 0) is 6.61 Å².